The van der Waals surface area contributed by atoms with E-state index in [0.29, 0.717) is 17.6 Å². The number of benzene rings is 1. The number of nitrogens with one attached hydrogen (secondary N) is 1. The summed E-state index contributed by atoms with van der Waals surface area (Å²) in [5.74, 6) is 0.347. The topological polar surface area (TPSA) is 35.6 Å². The number of aryl methyl sites for hydroxylation is 1. The summed E-state index contributed by atoms with van der Waals surface area (Å²) in [5.41, 5.74) is 1.77. The summed E-state index contributed by atoms with van der Waals surface area (Å²) < 4.78 is 13.8. The number of piperidine rings is 2. The highest BCUT2D eigenvalue weighted by molar-refractivity contribution is 5.79. The fourth-order valence-electron chi connectivity index (χ4n) is 4.53. The van der Waals surface area contributed by atoms with Gasteiger partial charge < -0.3 is 5.32 Å². The van der Waals surface area contributed by atoms with E-state index in [0.717, 1.165) is 76.8 Å². The van der Waals surface area contributed by atoms with Gasteiger partial charge in [0, 0.05) is 25.2 Å². The Morgan fingerprint density at radius 2 is 1.93 bits per heavy atom. The number of nitrogens with zero attached hydrogens (tertiary/aromatic N) is 2. The van der Waals surface area contributed by atoms with Crippen LogP contribution in [0.15, 0.2) is 18.2 Å². The fourth-order valence-corrected chi connectivity index (χ4v) is 4.53. The van der Waals surface area contributed by atoms with Gasteiger partial charge >= 0.3 is 0 Å². The lowest BCUT2D eigenvalue weighted by atomic mass is 9.93. The summed E-state index contributed by atoms with van der Waals surface area (Å²) in [6.07, 6.45) is 6.77. The highest BCUT2D eigenvalue weighted by Gasteiger charge is 2.33. The van der Waals surface area contributed by atoms with Gasteiger partial charge in [0.2, 0.25) is 5.91 Å². The van der Waals surface area contributed by atoms with Crippen molar-refractivity contribution in [3.63, 3.8) is 0 Å². The summed E-state index contributed by atoms with van der Waals surface area (Å²) in [5, 5.41) is 3.19. The maximum absolute atomic E-state index is 13.8. The Hall–Kier alpha value is -1.46. The van der Waals surface area contributed by atoms with Gasteiger partial charge in [-0.05, 0) is 82.3 Å². The fraction of sp³-hybridized carbons (Fsp3) is 0.682. The van der Waals surface area contributed by atoms with E-state index in [4.69, 9.17) is 0 Å². The third kappa shape index (κ3) is 4.88. The van der Waals surface area contributed by atoms with Crippen LogP contribution in [0.3, 0.4) is 0 Å². The van der Waals surface area contributed by atoms with Crippen molar-refractivity contribution in [2.45, 2.75) is 64.1 Å². The monoisotopic (exact) mass is 373 g/mol. The van der Waals surface area contributed by atoms with E-state index in [1.54, 1.807) is 13.0 Å². The molecule has 0 unspecified atom stereocenters. The van der Waals surface area contributed by atoms with Crippen LogP contribution in [-0.4, -0.2) is 54.0 Å². The Bertz CT molecular complexity index is 668. The van der Waals surface area contributed by atoms with Crippen LogP contribution in [0.5, 0.6) is 0 Å². The number of hydrogen-bond donors (Lipinski definition) is 1. The molecule has 1 N–H and O–H groups in total. The van der Waals surface area contributed by atoms with Crippen molar-refractivity contribution < 1.29 is 9.18 Å². The predicted octanol–water partition coefficient (Wildman–Crippen LogP) is 3.09. The first-order valence-electron chi connectivity index (χ1n) is 10.6. The van der Waals surface area contributed by atoms with Crippen molar-refractivity contribution in [2.24, 2.45) is 5.92 Å². The molecule has 5 heteroatoms. The minimum absolute atomic E-state index is 0.105. The van der Waals surface area contributed by atoms with Crippen molar-refractivity contribution in [1.82, 2.24) is 15.1 Å². The first-order chi connectivity index (χ1) is 13.1. The Labute approximate surface area is 162 Å². The molecule has 1 atom stereocenters. The van der Waals surface area contributed by atoms with Gasteiger partial charge in [-0.15, -0.1) is 0 Å². The summed E-state index contributed by atoms with van der Waals surface area (Å²) in [6.45, 7) is 6.79. The first-order valence-corrected chi connectivity index (χ1v) is 10.6. The normalized spacial score (nSPS) is 25.5. The molecule has 2 saturated heterocycles. The lowest BCUT2D eigenvalue weighted by Crippen LogP contribution is -2.50. The van der Waals surface area contributed by atoms with Gasteiger partial charge in [0.05, 0.1) is 5.92 Å². The van der Waals surface area contributed by atoms with Crippen LogP contribution >= 0.6 is 0 Å². The second kappa shape index (κ2) is 8.27. The molecule has 1 amide bonds. The van der Waals surface area contributed by atoms with E-state index in [2.05, 4.69) is 15.1 Å². The maximum Gasteiger partial charge on any atom is 0.224 e. The van der Waals surface area contributed by atoms with Crippen molar-refractivity contribution in [3.8, 4) is 0 Å². The molecule has 148 valence electrons. The smallest absolute Gasteiger partial charge is 0.224 e. The van der Waals surface area contributed by atoms with Crippen LogP contribution in [0.4, 0.5) is 4.39 Å². The summed E-state index contributed by atoms with van der Waals surface area (Å²) in [6, 6.07) is 6.64. The number of amides is 1. The molecule has 0 bridgehead atoms. The van der Waals surface area contributed by atoms with Crippen LogP contribution < -0.4 is 5.32 Å². The largest absolute Gasteiger partial charge is 0.353 e. The van der Waals surface area contributed by atoms with Crippen molar-refractivity contribution in [3.05, 3.63) is 35.1 Å². The molecule has 1 aromatic rings. The Morgan fingerprint density at radius 1 is 1.15 bits per heavy atom. The number of hydrogen-bond acceptors (Lipinski definition) is 3. The van der Waals surface area contributed by atoms with Crippen LogP contribution in [0.25, 0.3) is 0 Å². The highest BCUT2D eigenvalue weighted by Crippen LogP contribution is 2.26. The zero-order valence-corrected chi connectivity index (χ0v) is 16.4. The van der Waals surface area contributed by atoms with E-state index in [-0.39, 0.29) is 17.6 Å². The van der Waals surface area contributed by atoms with Crippen molar-refractivity contribution in [1.29, 1.82) is 0 Å². The molecule has 0 spiro atoms. The van der Waals surface area contributed by atoms with Gasteiger partial charge in [-0.25, -0.2) is 4.39 Å². The molecule has 2 heterocycles. The van der Waals surface area contributed by atoms with E-state index >= 15 is 0 Å². The van der Waals surface area contributed by atoms with E-state index in [1.165, 1.54) is 0 Å². The van der Waals surface area contributed by atoms with Crippen LogP contribution in [0.2, 0.25) is 0 Å². The number of carbonyl (C=O) groups excluding carboxylic acids is 1. The molecule has 0 aromatic heterocycles. The minimum atomic E-state index is -0.105. The molecule has 2 aliphatic heterocycles. The molecule has 1 aromatic carbocycles. The minimum Gasteiger partial charge on any atom is -0.353 e. The zero-order chi connectivity index (χ0) is 18.8. The molecule has 4 rings (SSSR count). The zero-order valence-electron chi connectivity index (χ0n) is 16.4. The number of carbonyl (C=O) groups is 1. The van der Waals surface area contributed by atoms with Crippen molar-refractivity contribution >= 4 is 5.91 Å². The third-order valence-corrected chi connectivity index (χ3v) is 6.46. The highest BCUT2D eigenvalue weighted by atomic mass is 19.1. The maximum atomic E-state index is 13.8. The molecule has 0 radical (unpaired) electrons. The Morgan fingerprint density at radius 3 is 2.63 bits per heavy atom. The lowest BCUT2D eigenvalue weighted by Gasteiger charge is -2.42. The number of likely N-dealkylation sites (tertiary alicyclic amines) is 2. The van der Waals surface area contributed by atoms with Crippen molar-refractivity contribution in [2.75, 3.05) is 26.2 Å². The molecule has 3 fully saturated rings. The first kappa shape index (κ1) is 18.9. The Kier molecular flexibility index (Phi) is 5.79. The van der Waals surface area contributed by atoms with E-state index in [9.17, 15) is 9.18 Å². The molecule has 3 aliphatic rings. The average molecular weight is 374 g/mol. The van der Waals surface area contributed by atoms with Crippen LogP contribution in [0.1, 0.15) is 49.7 Å². The average Bonchev–Trinajstić information content (AvgIpc) is 3.49. The second-order valence-corrected chi connectivity index (χ2v) is 8.71. The molecule has 27 heavy (non-hydrogen) atoms. The molecular formula is C22H32FN3O. The summed E-state index contributed by atoms with van der Waals surface area (Å²) in [4.78, 5) is 17.4. The standard InChI is InChI=1S/C22H32FN3O/c1-16-4-5-17(13-21(16)23)14-25-11-8-20(9-12-25)26-10-2-3-18(15-26)22(27)24-19-6-7-19/h4-5,13,18-20H,2-3,6-12,14-15H2,1H3,(H,24,27)/t18-/m1/s1. The number of rotatable bonds is 5. The SMILES string of the molecule is Cc1ccc(CN2CCC(N3CCC[C@@H](C(=O)NC4CC4)C3)CC2)cc1F. The predicted molar refractivity (Wildman–Crippen MR) is 105 cm³/mol. The third-order valence-electron chi connectivity index (χ3n) is 6.46. The van der Waals surface area contributed by atoms with Gasteiger partial charge in [-0.3, -0.25) is 14.6 Å². The number of halogens is 1. The molecular weight excluding hydrogens is 341 g/mol. The molecule has 4 nitrogen and oxygen atoms in total. The second-order valence-electron chi connectivity index (χ2n) is 8.71. The Balaban J connectivity index is 1.25. The summed E-state index contributed by atoms with van der Waals surface area (Å²) >= 11 is 0. The quantitative estimate of drug-likeness (QED) is 0.862. The van der Waals surface area contributed by atoms with E-state index in [1.807, 2.05) is 12.1 Å². The van der Waals surface area contributed by atoms with Gasteiger partial charge in [-0.1, -0.05) is 12.1 Å². The van der Waals surface area contributed by atoms with Gasteiger partial charge in [0.1, 0.15) is 5.82 Å². The van der Waals surface area contributed by atoms with Gasteiger partial charge in [-0.2, -0.15) is 0 Å². The van der Waals surface area contributed by atoms with Gasteiger partial charge in [0.25, 0.3) is 0 Å². The van der Waals surface area contributed by atoms with Crippen LogP contribution in [-0.2, 0) is 11.3 Å². The summed E-state index contributed by atoms with van der Waals surface area (Å²) in [7, 11) is 0. The van der Waals surface area contributed by atoms with E-state index < -0.39 is 0 Å². The molecule has 1 aliphatic carbocycles. The van der Waals surface area contributed by atoms with Gasteiger partial charge in [0.15, 0.2) is 0 Å². The van der Waals surface area contributed by atoms with Crippen LogP contribution in [0, 0.1) is 18.7 Å². The lowest BCUT2D eigenvalue weighted by molar-refractivity contribution is -0.127. The molecule has 1 saturated carbocycles.